The van der Waals surface area contributed by atoms with E-state index in [2.05, 4.69) is 5.32 Å². The van der Waals surface area contributed by atoms with Crippen molar-refractivity contribution in [3.63, 3.8) is 0 Å². The van der Waals surface area contributed by atoms with E-state index in [0.717, 1.165) is 18.2 Å². The highest BCUT2D eigenvalue weighted by Gasteiger charge is 2.17. The Morgan fingerprint density at radius 3 is 2.56 bits per heavy atom. The van der Waals surface area contributed by atoms with Crippen LogP contribution in [-0.2, 0) is 4.79 Å². The first-order chi connectivity index (χ1) is 7.41. The maximum atomic E-state index is 13.3. The van der Waals surface area contributed by atoms with Gasteiger partial charge in [0.05, 0.1) is 0 Å². The zero-order chi connectivity index (χ0) is 12.3. The van der Waals surface area contributed by atoms with Gasteiger partial charge in [0.2, 0.25) is 0 Å². The summed E-state index contributed by atoms with van der Waals surface area (Å²) in [6.07, 6.45) is 0. The molecule has 1 rings (SSSR count). The van der Waals surface area contributed by atoms with E-state index in [1.54, 1.807) is 6.92 Å². The summed E-state index contributed by atoms with van der Waals surface area (Å²) in [6, 6.07) is 1.71. The molecule has 0 fully saturated rings. The molecule has 2 N–H and O–H groups in total. The van der Waals surface area contributed by atoms with Gasteiger partial charge in [-0.05, 0) is 32.0 Å². The molecule has 16 heavy (non-hydrogen) atoms. The fourth-order valence-corrected chi connectivity index (χ4v) is 1.38. The van der Waals surface area contributed by atoms with Crippen LogP contribution in [0.3, 0.4) is 0 Å². The lowest BCUT2D eigenvalue weighted by molar-refractivity contribution is -0.139. The minimum Gasteiger partial charge on any atom is -0.480 e. The highest BCUT2D eigenvalue weighted by Crippen LogP contribution is 2.18. The fraction of sp³-hybridized carbons (Fsp3) is 0.364. The highest BCUT2D eigenvalue weighted by molar-refractivity contribution is 5.72. The number of carbonyl (C=O) groups is 1. The molecule has 1 aromatic rings. The van der Waals surface area contributed by atoms with Crippen LogP contribution >= 0.6 is 0 Å². The van der Waals surface area contributed by atoms with Gasteiger partial charge < -0.3 is 5.11 Å². The Kier molecular flexibility index (Phi) is 3.95. The molecule has 3 nitrogen and oxygen atoms in total. The minimum absolute atomic E-state index is 0.119. The lowest BCUT2D eigenvalue weighted by Gasteiger charge is -2.17. The van der Waals surface area contributed by atoms with Crippen LogP contribution in [0.4, 0.5) is 8.78 Å². The highest BCUT2D eigenvalue weighted by atomic mass is 19.1. The first-order valence-electron chi connectivity index (χ1n) is 4.85. The molecule has 0 bridgehead atoms. The predicted octanol–water partition coefficient (Wildman–Crippen LogP) is 2.09. The predicted molar refractivity (Wildman–Crippen MR) is 55.0 cm³/mol. The van der Waals surface area contributed by atoms with Crippen LogP contribution < -0.4 is 5.32 Å². The Morgan fingerprint density at radius 2 is 2.00 bits per heavy atom. The zero-order valence-corrected chi connectivity index (χ0v) is 9.00. The summed E-state index contributed by atoms with van der Waals surface area (Å²) in [6.45, 7) is 3.02. The molecule has 2 unspecified atom stereocenters. The van der Waals surface area contributed by atoms with E-state index in [-0.39, 0.29) is 5.56 Å². The molecule has 0 saturated heterocycles. The molecule has 0 aliphatic carbocycles. The van der Waals surface area contributed by atoms with Gasteiger partial charge in [0.1, 0.15) is 17.7 Å². The van der Waals surface area contributed by atoms with Crippen molar-refractivity contribution in [2.75, 3.05) is 0 Å². The standard InChI is InChI=1S/C11H13F2NO2/c1-6(14-7(2)11(15)16)9-5-8(12)3-4-10(9)13/h3-7,14H,1-2H3,(H,15,16). The monoisotopic (exact) mass is 229 g/mol. The van der Waals surface area contributed by atoms with Crippen molar-refractivity contribution >= 4 is 5.97 Å². The average Bonchev–Trinajstić information content (AvgIpc) is 2.21. The van der Waals surface area contributed by atoms with Crippen molar-refractivity contribution in [3.05, 3.63) is 35.4 Å². The molecule has 0 aliphatic rings. The number of carboxylic acids is 1. The van der Waals surface area contributed by atoms with Crippen LogP contribution in [-0.4, -0.2) is 17.1 Å². The summed E-state index contributed by atoms with van der Waals surface area (Å²) in [5, 5.41) is 11.3. The number of benzene rings is 1. The first-order valence-corrected chi connectivity index (χ1v) is 4.85. The fourth-order valence-electron chi connectivity index (χ4n) is 1.38. The Hall–Kier alpha value is -1.49. The molecule has 0 spiro atoms. The number of halogens is 2. The molecule has 88 valence electrons. The van der Waals surface area contributed by atoms with Crippen LogP contribution in [0.5, 0.6) is 0 Å². The van der Waals surface area contributed by atoms with Crippen molar-refractivity contribution in [2.24, 2.45) is 0 Å². The van der Waals surface area contributed by atoms with E-state index in [1.165, 1.54) is 6.92 Å². The summed E-state index contributed by atoms with van der Waals surface area (Å²) in [5.74, 6) is -2.14. The van der Waals surface area contributed by atoms with Crippen molar-refractivity contribution < 1.29 is 18.7 Å². The Morgan fingerprint density at radius 1 is 1.38 bits per heavy atom. The molecule has 0 aromatic heterocycles. The van der Waals surface area contributed by atoms with E-state index in [9.17, 15) is 13.6 Å². The molecular weight excluding hydrogens is 216 g/mol. The number of carboxylic acid groups (broad SMARTS) is 1. The first kappa shape index (κ1) is 12.6. The van der Waals surface area contributed by atoms with Gasteiger partial charge in [-0.3, -0.25) is 10.1 Å². The van der Waals surface area contributed by atoms with Crippen LogP contribution in [0.25, 0.3) is 0 Å². The Labute approximate surface area is 92.1 Å². The van der Waals surface area contributed by atoms with Gasteiger partial charge in [-0.2, -0.15) is 0 Å². The van der Waals surface area contributed by atoms with Crippen LogP contribution in [0.2, 0.25) is 0 Å². The third-order valence-electron chi connectivity index (χ3n) is 2.29. The summed E-state index contributed by atoms with van der Waals surface area (Å²) in [4.78, 5) is 10.6. The Bertz CT molecular complexity index is 396. The number of hydrogen-bond donors (Lipinski definition) is 2. The van der Waals surface area contributed by atoms with Crippen LogP contribution in [0, 0.1) is 11.6 Å². The van der Waals surface area contributed by atoms with Gasteiger partial charge in [-0.1, -0.05) is 0 Å². The topological polar surface area (TPSA) is 49.3 Å². The SMILES string of the molecule is CC(NC(C)c1cc(F)ccc1F)C(=O)O. The molecule has 0 aliphatic heterocycles. The second-order valence-electron chi connectivity index (χ2n) is 3.61. The number of nitrogens with one attached hydrogen (secondary N) is 1. The molecule has 0 saturated carbocycles. The van der Waals surface area contributed by atoms with Gasteiger partial charge >= 0.3 is 5.97 Å². The third-order valence-corrected chi connectivity index (χ3v) is 2.29. The van der Waals surface area contributed by atoms with E-state index >= 15 is 0 Å². The lowest BCUT2D eigenvalue weighted by atomic mass is 10.1. The normalized spacial score (nSPS) is 14.5. The number of hydrogen-bond acceptors (Lipinski definition) is 2. The minimum atomic E-state index is -1.04. The zero-order valence-electron chi connectivity index (χ0n) is 9.00. The van der Waals surface area contributed by atoms with Crippen molar-refractivity contribution in [1.82, 2.24) is 5.32 Å². The number of rotatable bonds is 4. The lowest BCUT2D eigenvalue weighted by Crippen LogP contribution is -2.35. The maximum Gasteiger partial charge on any atom is 0.320 e. The largest absolute Gasteiger partial charge is 0.480 e. The Balaban J connectivity index is 2.83. The molecule has 0 amide bonds. The number of aliphatic carboxylic acids is 1. The second kappa shape index (κ2) is 5.03. The van der Waals surface area contributed by atoms with Crippen molar-refractivity contribution in [1.29, 1.82) is 0 Å². The molecule has 1 aromatic carbocycles. The molecular formula is C11H13F2NO2. The third kappa shape index (κ3) is 3.00. The molecule has 5 heteroatoms. The summed E-state index contributed by atoms with van der Waals surface area (Å²) >= 11 is 0. The maximum absolute atomic E-state index is 13.3. The van der Waals surface area contributed by atoms with Gasteiger partial charge in [-0.25, -0.2) is 8.78 Å². The average molecular weight is 229 g/mol. The molecule has 2 atom stereocenters. The summed E-state index contributed by atoms with van der Waals surface area (Å²) < 4.78 is 26.2. The quantitative estimate of drug-likeness (QED) is 0.831. The van der Waals surface area contributed by atoms with Crippen LogP contribution in [0.1, 0.15) is 25.5 Å². The molecule has 0 radical (unpaired) electrons. The van der Waals surface area contributed by atoms with E-state index in [0.29, 0.717) is 0 Å². The summed E-state index contributed by atoms with van der Waals surface area (Å²) in [7, 11) is 0. The van der Waals surface area contributed by atoms with Gasteiger partial charge in [0, 0.05) is 11.6 Å². The van der Waals surface area contributed by atoms with Gasteiger partial charge in [0.25, 0.3) is 0 Å². The van der Waals surface area contributed by atoms with Gasteiger partial charge in [0.15, 0.2) is 0 Å². The van der Waals surface area contributed by atoms with E-state index in [4.69, 9.17) is 5.11 Å². The van der Waals surface area contributed by atoms with E-state index in [1.807, 2.05) is 0 Å². The smallest absolute Gasteiger partial charge is 0.320 e. The summed E-state index contributed by atoms with van der Waals surface area (Å²) in [5.41, 5.74) is 0.119. The van der Waals surface area contributed by atoms with Crippen LogP contribution in [0.15, 0.2) is 18.2 Å². The second-order valence-corrected chi connectivity index (χ2v) is 3.61. The van der Waals surface area contributed by atoms with Crippen molar-refractivity contribution in [3.8, 4) is 0 Å². The van der Waals surface area contributed by atoms with Crippen molar-refractivity contribution in [2.45, 2.75) is 25.9 Å². The van der Waals surface area contributed by atoms with Gasteiger partial charge in [-0.15, -0.1) is 0 Å². The molecule has 0 heterocycles. The van der Waals surface area contributed by atoms with E-state index < -0.39 is 29.7 Å².